The number of nitrogens with one attached hydrogen (secondary N) is 1. The van der Waals surface area contributed by atoms with Crippen LogP contribution in [0.25, 0.3) is 6.08 Å². The number of thioether (sulfide) groups is 1. The van der Waals surface area contributed by atoms with Gasteiger partial charge >= 0.3 is 6.18 Å². The van der Waals surface area contributed by atoms with Gasteiger partial charge in [-0.2, -0.15) is 13.2 Å². The van der Waals surface area contributed by atoms with Gasteiger partial charge in [0.25, 0.3) is 11.1 Å². The lowest BCUT2D eigenvalue weighted by molar-refractivity contribution is -0.137. The molecule has 0 aliphatic carbocycles. The van der Waals surface area contributed by atoms with Gasteiger partial charge in [-0.3, -0.25) is 19.3 Å². The highest BCUT2D eigenvalue weighted by molar-refractivity contribution is 9.11. The van der Waals surface area contributed by atoms with Gasteiger partial charge < -0.3 is 10.1 Å². The molecule has 1 fully saturated rings. The molecule has 0 saturated carbocycles. The van der Waals surface area contributed by atoms with E-state index in [-0.39, 0.29) is 10.6 Å². The van der Waals surface area contributed by atoms with Gasteiger partial charge in [-0.25, -0.2) is 0 Å². The van der Waals surface area contributed by atoms with Crippen LogP contribution in [0.15, 0.2) is 50.2 Å². The Labute approximate surface area is 207 Å². The summed E-state index contributed by atoms with van der Waals surface area (Å²) in [6, 6.07) is 7.49. The second kappa shape index (κ2) is 10.3. The van der Waals surface area contributed by atoms with E-state index in [0.717, 1.165) is 23.1 Å². The molecule has 12 heteroatoms. The number of anilines is 1. The first kappa shape index (κ1) is 25.3. The van der Waals surface area contributed by atoms with Crippen LogP contribution in [0.5, 0.6) is 5.75 Å². The lowest BCUT2D eigenvalue weighted by Crippen LogP contribution is -2.36. The fourth-order valence-corrected chi connectivity index (χ4v) is 5.14. The standard InChI is InChI=1S/C21H15Br2F3N2O4S/c1-2-32-18-14(22)6-11(7-15(18)23)8-16-19(30)28(20(31)33-16)10-17(29)27-13-5-3-4-12(9-13)21(24,25)26/h3-9H,2,10H2,1H3,(H,27,29)/b16-8-. The van der Waals surface area contributed by atoms with Crippen molar-refractivity contribution in [1.29, 1.82) is 0 Å². The molecule has 0 atom stereocenters. The number of halogens is 5. The summed E-state index contributed by atoms with van der Waals surface area (Å²) in [4.78, 5) is 38.1. The Hall–Kier alpha value is -2.31. The monoisotopic (exact) mass is 606 g/mol. The molecule has 0 aromatic heterocycles. The van der Waals surface area contributed by atoms with Gasteiger partial charge in [0.15, 0.2) is 0 Å². The van der Waals surface area contributed by atoms with E-state index in [1.165, 1.54) is 12.1 Å². The van der Waals surface area contributed by atoms with E-state index in [1.807, 2.05) is 6.92 Å². The minimum Gasteiger partial charge on any atom is -0.492 e. The van der Waals surface area contributed by atoms with Gasteiger partial charge in [0.05, 0.1) is 26.0 Å². The second-order valence-electron chi connectivity index (χ2n) is 6.64. The first-order chi connectivity index (χ1) is 15.5. The summed E-state index contributed by atoms with van der Waals surface area (Å²) in [6.07, 6.45) is -3.07. The smallest absolute Gasteiger partial charge is 0.416 e. The summed E-state index contributed by atoms with van der Waals surface area (Å²) in [6.45, 7) is 1.67. The lowest BCUT2D eigenvalue weighted by Gasteiger charge is -2.13. The minimum absolute atomic E-state index is 0.0959. The Bertz CT molecular complexity index is 1130. The lowest BCUT2D eigenvalue weighted by atomic mass is 10.2. The van der Waals surface area contributed by atoms with E-state index in [1.54, 1.807) is 12.1 Å². The first-order valence-electron chi connectivity index (χ1n) is 9.34. The summed E-state index contributed by atoms with van der Waals surface area (Å²) < 4.78 is 45.3. The Morgan fingerprint density at radius 2 is 1.85 bits per heavy atom. The molecule has 174 valence electrons. The van der Waals surface area contributed by atoms with Crippen molar-refractivity contribution < 1.29 is 32.3 Å². The molecule has 3 amide bonds. The maximum absolute atomic E-state index is 12.8. The third-order valence-corrected chi connectivity index (χ3v) is 6.34. The first-order valence-corrected chi connectivity index (χ1v) is 11.7. The van der Waals surface area contributed by atoms with Gasteiger partial charge in [0.1, 0.15) is 12.3 Å². The molecule has 1 aliphatic rings. The second-order valence-corrected chi connectivity index (χ2v) is 9.34. The molecule has 3 rings (SSSR count). The van der Waals surface area contributed by atoms with Crippen LogP contribution >= 0.6 is 43.6 Å². The predicted molar refractivity (Wildman–Crippen MR) is 126 cm³/mol. The minimum atomic E-state index is -4.57. The average Bonchev–Trinajstić information content (AvgIpc) is 2.97. The zero-order chi connectivity index (χ0) is 24.3. The van der Waals surface area contributed by atoms with Crippen LogP contribution in [0.2, 0.25) is 0 Å². The Morgan fingerprint density at radius 3 is 2.45 bits per heavy atom. The van der Waals surface area contributed by atoms with Crippen LogP contribution in [0.1, 0.15) is 18.1 Å². The van der Waals surface area contributed by atoms with Crippen LogP contribution < -0.4 is 10.1 Å². The normalized spacial score (nSPS) is 15.3. The van der Waals surface area contributed by atoms with Crippen LogP contribution in [-0.4, -0.2) is 35.1 Å². The Kier molecular flexibility index (Phi) is 7.91. The summed E-state index contributed by atoms with van der Waals surface area (Å²) in [5.74, 6) is -0.885. The number of ether oxygens (including phenoxy) is 1. The summed E-state index contributed by atoms with van der Waals surface area (Å²) in [7, 11) is 0. The molecule has 2 aromatic rings. The maximum atomic E-state index is 12.8. The predicted octanol–water partition coefficient (Wildman–Crippen LogP) is 6.30. The van der Waals surface area contributed by atoms with Crippen LogP contribution in [-0.2, 0) is 15.8 Å². The maximum Gasteiger partial charge on any atom is 0.416 e. The quantitative estimate of drug-likeness (QED) is 0.390. The average molecular weight is 608 g/mol. The highest BCUT2D eigenvalue weighted by Crippen LogP contribution is 2.38. The summed E-state index contributed by atoms with van der Waals surface area (Å²) in [5, 5.41) is 1.62. The molecule has 1 saturated heterocycles. The van der Waals surface area contributed by atoms with Crippen molar-refractivity contribution in [2.75, 3.05) is 18.5 Å². The highest BCUT2D eigenvalue weighted by atomic mass is 79.9. The van der Waals surface area contributed by atoms with Crippen LogP contribution in [0.4, 0.5) is 23.7 Å². The molecule has 33 heavy (non-hydrogen) atoms. The zero-order valence-corrected chi connectivity index (χ0v) is 20.8. The Balaban J connectivity index is 1.72. The number of hydrogen-bond acceptors (Lipinski definition) is 5. The number of amides is 3. The van der Waals surface area contributed by atoms with Crippen molar-refractivity contribution in [2.24, 2.45) is 0 Å². The van der Waals surface area contributed by atoms with Crippen molar-refractivity contribution in [3.8, 4) is 5.75 Å². The van der Waals surface area contributed by atoms with Gasteiger partial charge in [-0.1, -0.05) is 6.07 Å². The van der Waals surface area contributed by atoms with Crippen molar-refractivity contribution in [1.82, 2.24) is 4.90 Å². The molecule has 0 unspecified atom stereocenters. The molecule has 1 heterocycles. The Morgan fingerprint density at radius 1 is 1.18 bits per heavy atom. The van der Waals surface area contributed by atoms with E-state index in [9.17, 15) is 27.6 Å². The topological polar surface area (TPSA) is 75.7 Å². The van der Waals surface area contributed by atoms with E-state index in [2.05, 4.69) is 37.2 Å². The van der Waals surface area contributed by atoms with E-state index in [0.29, 0.717) is 38.6 Å². The largest absolute Gasteiger partial charge is 0.492 e. The number of rotatable bonds is 6. The number of carbonyl (C=O) groups is 3. The fourth-order valence-electron chi connectivity index (χ4n) is 2.85. The molecule has 2 aromatic carbocycles. The molecular weight excluding hydrogens is 593 g/mol. The molecular formula is C21H15Br2F3N2O4S. The van der Waals surface area contributed by atoms with Crippen molar-refractivity contribution in [3.63, 3.8) is 0 Å². The van der Waals surface area contributed by atoms with Gasteiger partial charge in [-0.05, 0) is 92.5 Å². The third-order valence-electron chi connectivity index (χ3n) is 4.26. The number of nitrogens with zero attached hydrogens (tertiary/aromatic N) is 1. The van der Waals surface area contributed by atoms with Gasteiger partial charge in [0, 0.05) is 5.69 Å². The molecule has 0 spiro atoms. The van der Waals surface area contributed by atoms with Crippen molar-refractivity contribution in [2.45, 2.75) is 13.1 Å². The number of alkyl halides is 3. The summed E-state index contributed by atoms with van der Waals surface area (Å²) in [5.41, 5.74) is -0.417. The number of imide groups is 1. The number of carbonyl (C=O) groups excluding carboxylic acids is 3. The third kappa shape index (κ3) is 6.18. The van der Waals surface area contributed by atoms with E-state index in [4.69, 9.17) is 4.74 Å². The number of benzene rings is 2. The van der Waals surface area contributed by atoms with Gasteiger partial charge in [-0.15, -0.1) is 0 Å². The van der Waals surface area contributed by atoms with Gasteiger partial charge in [0.2, 0.25) is 5.91 Å². The fraction of sp³-hybridized carbons (Fsp3) is 0.190. The van der Waals surface area contributed by atoms with Crippen molar-refractivity contribution >= 4 is 72.4 Å². The summed E-state index contributed by atoms with van der Waals surface area (Å²) >= 11 is 7.45. The van der Waals surface area contributed by atoms with Crippen LogP contribution in [0.3, 0.4) is 0 Å². The number of hydrogen-bond donors (Lipinski definition) is 1. The molecule has 0 radical (unpaired) electrons. The van der Waals surface area contributed by atoms with E-state index < -0.39 is 35.3 Å². The van der Waals surface area contributed by atoms with Crippen LogP contribution in [0, 0.1) is 0 Å². The molecule has 1 N–H and O–H groups in total. The van der Waals surface area contributed by atoms with E-state index >= 15 is 0 Å². The molecule has 6 nitrogen and oxygen atoms in total. The SMILES string of the molecule is CCOc1c(Br)cc(/C=C2\SC(=O)N(CC(=O)Nc3cccc(C(F)(F)F)c3)C2=O)cc1Br. The zero-order valence-electron chi connectivity index (χ0n) is 16.8. The van der Waals surface area contributed by atoms with Crippen molar-refractivity contribution in [3.05, 3.63) is 61.4 Å². The highest BCUT2D eigenvalue weighted by Gasteiger charge is 2.36. The molecule has 1 aliphatic heterocycles. The molecule has 0 bridgehead atoms.